The third-order valence-corrected chi connectivity index (χ3v) is 5.05. The second-order valence-corrected chi connectivity index (χ2v) is 6.71. The van der Waals surface area contributed by atoms with E-state index in [-0.39, 0.29) is 5.91 Å². The Bertz CT molecular complexity index is 523. The molecule has 1 saturated carbocycles. The Balaban J connectivity index is 1.38. The average molecular weight is 285 g/mol. The summed E-state index contributed by atoms with van der Waals surface area (Å²) in [5.41, 5.74) is 1.91. The standard InChI is InChI=1S/C17H23N3O/c21-17(19-15-5-6-15)12-1-3-14(4-2-12)18-16-8-10-20-9-7-13(16)11-20/h1-4,13,15-16,18H,5-11H2,(H,19,21). The van der Waals surface area contributed by atoms with Gasteiger partial charge in [-0.15, -0.1) is 0 Å². The molecule has 112 valence electrons. The number of hydrogen-bond acceptors (Lipinski definition) is 3. The molecule has 4 heteroatoms. The molecule has 1 aliphatic carbocycles. The zero-order valence-electron chi connectivity index (χ0n) is 12.3. The molecule has 21 heavy (non-hydrogen) atoms. The summed E-state index contributed by atoms with van der Waals surface area (Å²) in [5, 5.41) is 6.70. The molecule has 0 spiro atoms. The number of nitrogens with one attached hydrogen (secondary N) is 2. The highest BCUT2D eigenvalue weighted by molar-refractivity contribution is 5.94. The van der Waals surface area contributed by atoms with Crippen LogP contribution in [-0.4, -0.2) is 42.5 Å². The van der Waals surface area contributed by atoms with Gasteiger partial charge in [0.05, 0.1) is 0 Å². The number of benzene rings is 1. The number of nitrogens with zero attached hydrogens (tertiary/aromatic N) is 1. The van der Waals surface area contributed by atoms with E-state index in [4.69, 9.17) is 0 Å². The fraction of sp³-hybridized carbons (Fsp3) is 0.588. The maximum Gasteiger partial charge on any atom is 0.251 e. The minimum atomic E-state index is 0.0631. The lowest BCUT2D eigenvalue weighted by Crippen LogP contribution is -2.39. The molecule has 2 heterocycles. The van der Waals surface area contributed by atoms with Crippen molar-refractivity contribution in [1.82, 2.24) is 10.2 Å². The van der Waals surface area contributed by atoms with Gasteiger partial charge in [0.15, 0.2) is 0 Å². The maximum absolute atomic E-state index is 12.0. The first-order chi connectivity index (χ1) is 10.3. The molecule has 2 N–H and O–H groups in total. The van der Waals surface area contributed by atoms with Gasteiger partial charge in [-0.2, -0.15) is 0 Å². The van der Waals surface area contributed by atoms with Crippen LogP contribution < -0.4 is 10.6 Å². The lowest BCUT2D eigenvalue weighted by atomic mass is 9.94. The van der Waals surface area contributed by atoms with Crippen molar-refractivity contribution in [3.63, 3.8) is 0 Å². The molecule has 1 aromatic carbocycles. The smallest absolute Gasteiger partial charge is 0.251 e. The van der Waals surface area contributed by atoms with Gasteiger partial charge in [-0.3, -0.25) is 4.79 Å². The molecule has 3 unspecified atom stereocenters. The van der Waals surface area contributed by atoms with Crippen LogP contribution in [0.25, 0.3) is 0 Å². The molecular weight excluding hydrogens is 262 g/mol. The summed E-state index contributed by atoms with van der Waals surface area (Å²) in [5.74, 6) is 0.852. The third kappa shape index (κ3) is 2.91. The predicted molar refractivity (Wildman–Crippen MR) is 83.5 cm³/mol. The molecular formula is C17H23N3O. The van der Waals surface area contributed by atoms with E-state index in [0.717, 1.165) is 30.0 Å². The number of carbonyl (C=O) groups excluding carboxylic acids is 1. The van der Waals surface area contributed by atoms with Crippen LogP contribution in [0.1, 0.15) is 36.0 Å². The Kier molecular flexibility index (Phi) is 3.34. The minimum absolute atomic E-state index is 0.0631. The van der Waals surface area contributed by atoms with E-state index in [0.29, 0.717) is 12.1 Å². The molecule has 4 nitrogen and oxygen atoms in total. The summed E-state index contributed by atoms with van der Waals surface area (Å²) in [6, 6.07) is 8.97. The second kappa shape index (κ2) is 5.34. The molecule has 3 aliphatic rings. The molecule has 2 aliphatic heterocycles. The first-order valence-electron chi connectivity index (χ1n) is 8.18. The van der Waals surface area contributed by atoms with Crippen LogP contribution in [0.5, 0.6) is 0 Å². The number of piperidine rings is 1. The summed E-state index contributed by atoms with van der Waals surface area (Å²) in [6.45, 7) is 3.73. The molecule has 0 aromatic heterocycles. The number of carbonyl (C=O) groups is 1. The van der Waals surface area contributed by atoms with Crippen molar-refractivity contribution in [1.29, 1.82) is 0 Å². The van der Waals surface area contributed by atoms with Gasteiger partial charge in [0.2, 0.25) is 0 Å². The van der Waals surface area contributed by atoms with Crippen molar-refractivity contribution in [3.05, 3.63) is 29.8 Å². The monoisotopic (exact) mass is 285 g/mol. The van der Waals surface area contributed by atoms with Crippen LogP contribution in [0.4, 0.5) is 5.69 Å². The SMILES string of the molecule is O=C(NC1CC1)c1ccc(NC2CCN3CCC2C3)cc1. The Morgan fingerprint density at radius 2 is 1.81 bits per heavy atom. The first kappa shape index (κ1) is 13.1. The number of anilines is 1. The zero-order chi connectivity index (χ0) is 14.2. The van der Waals surface area contributed by atoms with Gasteiger partial charge in [0.1, 0.15) is 0 Å². The third-order valence-electron chi connectivity index (χ3n) is 5.05. The zero-order valence-corrected chi connectivity index (χ0v) is 12.3. The Hall–Kier alpha value is -1.55. The highest BCUT2D eigenvalue weighted by Crippen LogP contribution is 2.29. The topological polar surface area (TPSA) is 44.4 Å². The predicted octanol–water partition coefficient (Wildman–Crippen LogP) is 2.08. The van der Waals surface area contributed by atoms with Crippen molar-refractivity contribution in [2.75, 3.05) is 25.0 Å². The van der Waals surface area contributed by atoms with Crippen molar-refractivity contribution in [2.45, 2.75) is 37.8 Å². The summed E-state index contributed by atoms with van der Waals surface area (Å²) in [7, 11) is 0. The Labute approximate surface area is 125 Å². The maximum atomic E-state index is 12.0. The van der Waals surface area contributed by atoms with Crippen molar-refractivity contribution in [2.24, 2.45) is 5.92 Å². The Morgan fingerprint density at radius 1 is 1.05 bits per heavy atom. The van der Waals surface area contributed by atoms with Crippen molar-refractivity contribution in [3.8, 4) is 0 Å². The fourth-order valence-electron chi connectivity index (χ4n) is 3.57. The number of amides is 1. The van der Waals surface area contributed by atoms with Crippen LogP contribution >= 0.6 is 0 Å². The van der Waals surface area contributed by atoms with Gasteiger partial charge in [-0.25, -0.2) is 0 Å². The molecule has 4 rings (SSSR count). The van der Waals surface area contributed by atoms with E-state index in [2.05, 4.69) is 15.5 Å². The van der Waals surface area contributed by atoms with E-state index >= 15 is 0 Å². The van der Waals surface area contributed by atoms with E-state index < -0.39 is 0 Å². The van der Waals surface area contributed by atoms with E-state index in [9.17, 15) is 4.79 Å². The molecule has 2 saturated heterocycles. The van der Waals surface area contributed by atoms with Gasteiger partial charge in [-0.1, -0.05) is 0 Å². The van der Waals surface area contributed by atoms with Crippen molar-refractivity contribution >= 4 is 11.6 Å². The number of fused-ring (bicyclic) bond motifs is 2. The summed E-state index contributed by atoms with van der Waals surface area (Å²) < 4.78 is 0. The summed E-state index contributed by atoms with van der Waals surface area (Å²) in [6.07, 6.45) is 4.81. The average Bonchev–Trinajstić information content (AvgIpc) is 3.23. The van der Waals surface area contributed by atoms with Gasteiger partial charge >= 0.3 is 0 Å². The van der Waals surface area contributed by atoms with Crippen LogP contribution in [0.15, 0.2) is 24.3 Å². The van der Waals surface area contributed by atoms with Crippen LogP contribution in [0.2, 0.25) is 0 Å². The van der Waals surface area contributed by atoms with Crippen LogP contribution in [-0.2, 0) is 0 Å². The molecule has 3 fully saturated rings. The van der Waals surface area contributed by atoms with E-state index in [1.54, 1.807) is 0 Å². The Morgan fingerprint density at radius 3 is 2.57 bits per heavy atom. The van der Waals surface area contributed by atoms with Gasteiger partial charge in [-0.05, 0) is 62.4 Å². The summed E-state index contributed by atoms with van der Waals surface area (Å²) in [4.78, 5) is 14.5. The number of hydrogen-bond donors (Lipinski definition) is 2. The molecule has 2 bridgehead atoms. The van der Waals surface area contributed by atoms with Crippen LogP contribution in [0, 0.1) is 5.92 Å². The van der Waals surface area contributed by atoms with Gasteiger partial charge in [0.25, 0.3) is 5.91 Å². The molecule has 1 amide bonds. The lowest BCUT2D eigenvalue weighted by Gasteiger charge is -2.31. The molecule has 1 aromatic rings. The van der Waals surface area contributed by atoms with E-state index in [1.807, 2.05) is 24.3 Å². The molecule has 0 radical (unpaired) electrons. The highest BCUT2D eigenvalue weighted by Gasteiger charge is 2.34. The quantitative estimate of drug-likeness (QED) is 0.890. The summed E-state index contributed by atoms with van der Waals surface area (Å²) >= 11 is 0. The normalized spacial score (nSPS) is 31.0. The largest absolute Gasteiger partial charge is 0.382 e. The minimum Gasteiger partial charge on any atom is -0.382 e. The van der Waals surface area contributed by atoms with E-state index in [1.165, 1.54) is 32.5 Å². The van der Waals surface area contributed by atoms with Crippen molar-refractivity contribution < 1.29 is 4.79 Å². The first-order valence-corrected chi connectivity index (χ1v) is 8.18. The van der Waals surface area contributed by atoms with Gasteiger partial charge in [0, 0.05) is 36.4 Å². The lowest BCUT2D eigenvalue weighted by molar-refractivity contribution is 0.0951. The van der Waals surface area contributed by atoms with Crippen LogP contribution in [0.3, 0.4) is 0 Å². The second-order valence-electron chi connectivity index (χ2n) is 6.71. The van der Waals surface area contributed by atoms with Gasteiger partial charge < -0.3 is 15.5 Å². The number of rotatable bonds is 4. The highest BCUT2D eigenvalue weighted by atomic mass is 16.1. The fourth-order valence-corrected chi connectivity index (χ4v) is 3.57. The molecule has 3 atom stereocenters.